The lowest BCUT2D eigenvalue weighted by molar-refractivity contribution is 0.262. The normalized spacial score (nSPS) is 10.1. The van der Waals surface area contributed by atoms with Crippen molar-refractivity contribution in [1.82, 2.24) is 4.98 Å². The summed E-state index contributed by atoms with van der Waals surface area (Å²) in [6.07, 6.45) is 1.47. The zero-order chi connectivity index (χ0) is 13.8. The van der Waals surface area contributed by atoms with Crippen LogP contribution in [0.2, 0.25) is 5.15 Å². The predicted molar refractivity (Wildman–Crippen MR) is 76.0 cm³/mol. The van der Waals surface area contributed by atoms with Gasteiger partial charge in [0, 0.05) is 11.9 Å². The van der Waals surface area contributed by atoms with E-state index in [1.54, 1.807) is 12.1 Å². The molecule has 1 heterocycles. The first kappa shape index (κ1) is 13.8. The third-order valence-electron chi connectivity index (χ3n) is 2.18. The molecule has 4 nitrogen and oxygen atoms in total. The molecular weight excluding hydrogens is 337 g/mol. The Kier molecular flexibility index (Phi) is 4.34. The Morgan fingerprint density at radius 1 is 1.32 bits per heavy atom. The number of urea groups is 1. The molecule has 98 valence electrons. The van der Waals surface area contributed by atoms with Crippen molar-refractivity contribution >= 4 is 44.9 Å². The molecule has 0 spiro atoms. The van der Waals surface area contributed by atoms with Gasteiger partial charge in [-0.1, -0.05) is 17.7 Å². The summed E-state index contributed by atoms with van der Waals surface area (Å²) in [4.78, 5) is 15.5. The summed E-state index contributed by atoms with van der Waals surface area (Å²) < 4.78 is 13.5. The van der Waals surface area contributed by atoms with Crippen molar-refractivity contribution in [3.63, 3.8) is 0 Å². The zero-order valence-corrected chi connectivity index (χ0v) is 11.8. The summed E-state index contributed by atoms with van der Waals surface area (Å²) in [6.45, 7) is 0. The maximum Gasteiger partial charge on any atom is 0.323 e. The minimum atomic E-state index is -0.506. The van der Waals surface area contributed by atoms with Crippen LogP contribution in [0.15, 0.2) is 41.0 Å². The van der Waals surface area contributed by atoms with Crippen molar-refractivity contribution in [3.05, 3.63) is 52.0 Å². The van der Waals surface area contributed by atoms with Gasteiger partial charge in [0.25, 0.3) is 0 Å². The molecule has 7 heteroatoms. The quantitative estimate of drug-likeness (QED) is 0.799. The summed E-state index contributed by atoms with van der Waals surface area (Å²) in [5.41, 5.74) is 0.822. The number of carbonyl (C=O) groups excluding carboxylic acids is 1. The van der Waals surface area contributed by atoms with E-state index >= 15 is 0 Å². The highest BCUT2D eigenvalue weighted by Gasteiger charge is 2.08. The van der Waals surface area contributed by atoms with Crippen LogP contribution in [0.25, 0.3) is 0 Å². The van der Waals surface area contributed by atoms with E-state index < -0.39 is 11.8 Å². The number of amides is 2. The van der Waals surface area contributed by atoms with Gasteiger partial charge in [-0.15, -0.1) is 0 Å². The van der Waals surface area contributed by atoms with Crippen molar-refractivity contribution in [1.29, 1.82) is 0 Å². The topological polar surface area (TPSA) is 54.0 Å². The summed E-state index contributed by atoms with van der Waals surface area (Å²) in [5, 5.41) is 5.35. The molecule has 0 fully saturated rings. The third-order valence-corrected chi connectivity index (χ3v) is 3.20. The molecule has 1 aromatic heterocycles. The van der Waals surface area contributed by atoms with Crippen molar-refractivity contribution in [3.8, 4) is 0 Å². The van der Waals surface area contributed by atoms with E-state index in [-0.39, 0.29) is 9.63 Å². The van der Waals surface area contributed by atoms with E-state index in [9.17, 15) is 9.18 Å². The summed E-state index contributed by atoms with van der Waals surface area (Å²) in [6, 6.07) is 6.95. The molecule has 0 radical (unpaired) electrons. The fraction of sp³-hybridized carbons (Fsp3) is 0. The lowest BCUT2D eigenvalue weighted by Gasteiger charge is -2.09. The number of nitrogens with one attached hydrogen (secondary N) is 2. The SMILES string of the molecule is O=C(Nc1ccnc(Cl)c1)Nc1cccc(F)c1Br. The lowest BCUT2D eigenvalue weighted by atomic mass is 10.3. The van der Waals surface area contributed by atoms with Crippen LogP contribution in [-0.2, 0) is 0 Å². The Balaban J connectivity index is 2.08. The lowest BCUT2D eigenvalue weighted by Crippen LogP contribution is -2.19. The van der Waals surface area contributed by atoms with Crippen molar-refractivity contribution < 1.29 is 9.18 Å². The van der Waals surface area contributed by atoms with E-state index in [1.165, 1.54) is 24.4 Å². The highest BCUT2D eigenvalue weighted by Crippen LogP contribution is 2.25. The summed E-state index contributed by atoms with van der Waals surface area (Å²) >= 11 is 8.75. The summed E-state index contributed by atoms with van der Waals surface area (Å²) in [7, 11) is 0. The monoisotopic (exact) mass is 343 g/mol. The number of nitrogens with zero attached hydrogens (tertiary/aromatic N) is 1. The van der Waals surface area contributed by atoms with Gasteiger partial charge in [0.1, 0.15) is 11.0 Å². The molecular formula is C12H8BrClFN3O. The van der Waals surface area contributed by atoms with Gasteiger partial charge >= 0.3 is 6.03 Å². The third kappa shape index (κ3) is 3.65. The zero-order valence-electron chi connectivity index (χ0n) is 9.45. The Hall–Kier alpha value is -1.66. The Labute approximate surface area is 122 Å². The van der Waals surface area contributed by atoms with Gasteiger partial charge in [0.15, 0.2) is 0 Å². The fourth-order valence-corrected chi connectivity index (χ4v) is 1.90. The molecule has 19 heavy (non-hydrogen) atoms. The molecule has 2 aromatic rings. The Morgan fingerprint density at radius 2 is 2.11 bits per heavy atom. The molecule has 0 aliphatic rings. The van der Waals surface area contributed by atoms with Gasteiger partial charge in [0.2, 0.25) is 0 Å². The molecule has 0 saturated heterocycles. The van der Waals surface area contributed by atoms with Crippen LogP contribution in [0.5, 0.6) is 0 Å². The molecule has 2 amide bonds. The molecule has 2 N–H and O–H groups in total. The Bertz CT molecular complexity index is 624. The largest absolute Gasteiger partial charge is 0.323 e. The first-order chi connectivity index (χ1) is 9.06. The van der Waals surface area contributed by atoms with E-state index in [1.807, 2.05) is 0 Å². The molecule has 2 rings (SSSR count). The van der Waals surface area contributed by atoms with E-state index in [2.05, 4.69) is 31.5 Å². The second-order valence-electron chi connectivity index (χ2n) is 3.55. The molecule has 0 aliphatic heterocycles. The standard InChI is InChI=1S/C12H8BrClFN3O/c13-11-8(15)2-1-3-9(11)18-12(19)17-7-4-5-16-10(14)6-7/h1-6H,(H2,16,17,18,19). The average Bonchev–Trinajstić information content (AvgIpc) is 2.35. The Morgan fingerprint density at radius 3 is 2.84 bits per heavy atom. The highest BCUT2D eigenvalue weighted by molar-refractivity contribution is 9.10. The van der Waals surface area contributed by atoms with Gasteiger partial charge in [0.05, 0.1) is 10.2 Å². The second kappa shape index (κ2) is 5.99. The van der Waals surface area contributed by atoms with Crippen LogP contribution in [0.3, 0.4) is 0 Å². The van der Waals surface area contributed by atoms with Crippen molar-refractivity contribution in [2.75, 3.05) is 10.6 Å². The van der Waals surface area contributed by atoms with Crippen LogP contribution in [0.4, 0.5) is 20.6 Å². The van der Waals surface area contributed by atoms with Crippen LogP contribution in [0, 0.1) is 5.82 Å². The first-order valence-corrected chi connectivity index (χ1v) is 6.37. The number of carbonyl (C=O) groups is 1. The number of benzene rings is 1. The number of anilines is 2. The van der Waals surface area contributed by atoms with Gasteiger partial charge in [-0.3, -0.25) is 0 Å². The smallest absolute Gasteiger partial charge is 0.308 e. The highest BCUT2D eigenvalue weighted by atomic mass is 79.9. The maximum atomic E-state index is 13.3. The minimum Gasteiger partial charge on any atom is -0.308 e. The number of hydrogen-bond donors (Lipinski definition) is 2. The van der Waals surface area contributed by atoms with Crippen LogP contribution in [0.1, 0.15) is 0 Å². The van der Waals surface area contributed by atoms with Crippen LogP contribution >= 0.6 is 27.5 Å². The summed E-state index contributed by atoms with van der Waals surface area (Å²) in [5.74, 6) is -0.454. The van der Waals surface area contributed by atoms with Crippen molar-refractivity contribution in [2.24, 2.45) is 0 Å². The molecule has 0 atom stereocenters. The molecule has 0 unspecified atom stereocenters. The number of hydrogen-bond acceptors (Lipinski definition) is 2. The van der Waals surface area contributed by atoms with Crippen molar-refractivity contribution in [2.45, 2.75) is 0 Å². The molecule has 0 bridgehead atoms. The number of halogens is 3. The average molecular weight is 345 g/mol. The fourth-order valence-electron chi connectivity index (χ4n) is 1.37. The van der Waals surface area contributed by atoms with Gasteiger partial charge in [-0.2, -0.15) is 0 Å². The number of rotatable bonds is 2. The van der Waals surface area contributed by atoms with Gasteiger partial charge in [-0.25, -0.2) is 14.2 Å². The number of aromatic nitrogens is 1. The van der Waals surface area contributed by atoms with E-state index in [0.29, 0.717) is 11.4 Å². The minimum absolute atomic E-state index is 0.193. The van der Waals surface area contributed by atoms with Gasteiger partial charge in [-0.05, 0) is 40.2 Å². The molecule has 0 saturated carbocycles. The van der Waals surface area contributed by atoms with Gasteiger partial charge < -0.3 is 10.6 Å². The number of pyridine rings is 1. The predicted octanol–water partition coefficient (Wildman–Crippen LogP) is 4.28. The van der Waals surface area contributed by atoms with Crippen LogP contribution < -0.4 is 10.6 Å². The second-order valence-corrected chi connectivity index (χ2v) is 4.73. The molecule has 1 aromatic carbocycles. The van der Waals surface area contributed by atoms with E-state index in [4.69, 9.17) is 11.6 Å². The molecule has 0 aliphatic carbocycles. The first-order valence-electron chi connectivity index (χ1n) is 5.20. The van der Waals surface area contributed by atoms with Crippen LogP contribution in [-0.4, -0.2) is 11.0 Å². The van der Waals surface area contributed by atoms with E-state index in [0.717, 1.165) is 0 Å². The maximum absolute atomic E-state index is 13.3.